The normalized spacial score (nSPS) is 10.7. The molecule has 3 heteroatoms. The van der Waals surface area contributed by atoms with Crippen LogP contribution in [0.2, 0.25) is 0 Å². The van der Waals surface area contributed by atoms with Gasteiger partial charge in [-0.2, -0.15) is 0 Å². The third-order valence-electron chi connectivity index (χ3n) is 4.71. The molecule has 4 rings (SSSR count). The molecule has 3 nitrogen and oxygen atoms in total. The van der Waals surface area contributed by atoms with Gasteiger partial charge in [0.15, 0.2) is 5.78 Å². The number of hydrogen-bond donors (Lipinski definition) is 1. The number of nitrogens with zero attached hydrogens (tertiary/aromatic N) is 1. The van der Waals surface area contributed by atoms with Crippen LogP contribution in [-0.4, -0.2) is 15.5 Å². The van der Waals surface area contributed by atoms with E-state index in [9.17, 15) is 9.90 Å². The molecule has 0 bridgehead atoms. The molecule has 0 amide bonds. The average Bonchev–Trinajstić information content (AvgIpc) is 2.99. The minimum atomic E-state index is -0.183. The first-order valence-electron chi connectivity index (χ1n) is 8.83. The van der Waals surface area contributed by atoms with E-state index < -0.39 is 0 Å². The molecular formula is C24H19NO2. The Kier molecular flexibility index (Phi) is 4.35. The summed E-state index contributed by atoms with van der Waals surface area (Å²) in [4.78, 5) is 13.1. The maximum Gasteiger partial charge on any atom is 0.207 e. The number of carbonyl (C=O) groups is 1. The fourth-order valence-corrected chi connectivity index (χ4v) is 3.45. The zero-order valence-electron chi connectivity index (χ0n) is 15.0. The first-order valence-corrected chi connectivity index (χ1v) is 8.83. The van der Waals surface area contributed by atoms with Gasteiger partial charge < -0.3 is 5.11 Å². The van der Waals surface area contributed by atoms with Gasteiger partial charge in [0.2, 0.25) is 5.88 Å². The van der Waals surface area contributed by atoms with Crippen LogP contribution in [-0.2, 0) is 0 Å². The van der Waals surface area contributed by atoms with Crippen molar-refractivity contribution in [2.75, 3.05) is 0 Å². The Bertz CT molecular complexity index is 1020. The summed E-state index contributed by atoms with van der Waals surface area (Å²) in [6.07, 6.45) is 0. The number of benzene rings is 3. The van der Waals surface area contributed by atoms with Gasteiger partial charge in [0.1, 0.15) is 0 Å². The molecule has 4 aromatic rings. The Balaban J connectivity index is 2.00. The van der Waals surface area contributed by atoms with Crippen molar-refractivity contribution in [3.8, 4) is 22.8 Å². The van der Waals surface area contributed by atoms with Crippen LogP contribution in [0.4, 0.5) is 0 Å². The molecule has 0 unspecified atom stereocenters. The van der Waals surface area contributed by atoms with Crippen LogP contribution >= 0.6 is 0 Å². The van der Waals surface area contributed by atoms with E-state index >= 15 is 0 Å². The quantitative estimate of drug-likeness (QED) is 0.500. The van der Waals surface area contributed by atoms with Gasteiger partial charge in [-0.1, -0.05) is 78.9 Å². The summed E-state index contributed by atoms with van der Waals surface area (Å²) in [7, 11) is 0. The topological polar surface area (TPSA) is 42.2 Å². The number of aromatic nitrogens is 1. The van der Waals surface area contributed by atoms with E-state index in [1.165, 1.54) is 0 Å². The highest BCUT2D eigenvalue weighted by Crippen LogP contribution is 2.39. The molecule has 1 heterocycles. The highest BCUT2D eigenvalue weighted by atomic mass is 16.3. The van der Waals surface area contributed by atoms with E-state index in [1.54, 1.807) is 16.7 Å². The predicted octanol–water partition coefficient (Wildman–Crippen LogP) is 5.39. The summed E-state index contributed by atoms with van der Waals surface area (Å²) >= 11 is 0. The van der Waals surface area contributed by atoms with Crippen molar-refractivity contribution in [1.29, 1.82) is 0 Å². The second-order valence-corrected chi connectivity index (χ2v) is 6.40. The number of carbonyl (C=O) groups excluding carboxylic acids is 1. The van der Waals surface area contributed by atoms with Gasteiger partial charge >= 0.3 is 0 Å². The molecule has 3 aromatic carbocycles. The molecule has 132 valence electrons. The van der Waals surface area contributed by atoms with Crippen LogP contribution in [0.1, 0.15) is 21.5 Å². The molecule has 27 heavy (non-hydrogen) atoms. The largest absolute Gasteiger partial charge is 0.494 e. The molecule has 0 saturated heterocycles. The van der Waals surface area contributed by atoms with Gasteiger partial charge in [-0.15, -0.1) is 0 Å². The smallest absolute Gasteiger partial charge is 0.207 e. The highest BCUT2D eigenvalue weighted by Gasteiger charge is 2.27. The van der Waals surface area contributed by atoms with E-state index in [4.69, 9.17) is 0 Å². The van der Waals surface area contributed by atoms with E-state index in [0.717, 1.165) is 22.5 Å². The third kappa shape index (κ3) is 2.93. The molecule has 0 spiro atoms. The van der Waals surface area contributed by atoms with Crippen molar-refractivity contribution in [2.24, 2.45) is 0 Å². The first-order chi connectivity index (χ1) is 13.2. The van der Waals surface area contributed by atoms with Crippen LogP contribution < -0.4 is 0 Å². The summed E-state index contributed by atoms with van der Waals surface area (Å²) in [5, 5.41) is 11.1. The summed E-state index contributed by atoms with van der Waals surface area (Å²) in [5.41, 5.74) is 4.23. The van der Waals surface area contributed by atoms with Crippen molar-refractivity contribution in [1.82, 2.24) is 4.57 Å². The van der Waals surface area contributed by atoms with Gasteiger partial charge in [-0.25, -0.2) is 0 Å². The van der Waals surface area contributed by atoms with Gasteiger partial charge in [0, 0.05) is 11.3 Å². The first kappa shape index (κ1) is 16.9. The van der Waals surface area contributed by atoms with Crippen LogP contribution in [0.5, 0.6) is 5.88 Å². The van der Waals surface area contributed by atoms with Crippen molar-refractivity contribution in [2.45, 2.75) is 6.92 Å². The number of ketones is 1. The summed E-state index contributed by atoms with van der Waals surface area (Å²) in [6, 6.07) is 28.5. The molecule has 0 saturated carbocycles. The summed E-state index contributed by atoms with van der Waals surface area (Å²) in [6.45, 7) is 1.89. The number of aromatic hydroxyl groups is 1. The van der Waals surface area contributed by atoms with Gasteiger partial charge in [0.25, 0.3) is 0 Å². The Hall–Kier alpha value is -3.59. The second kappa shape index (κ2) is 6.96. The van der Waals surface area contributed by atoms with Crippen molar-refractivity contribution in [3.05, 3.63) is 108 Å². The number of para-hydroxylation sites is 1. The lowest BCUT2D eigenvalue weighted by molar-refractivity contribution is 0.103. The third-order valence-corrected chi connectivity index (χ3v) is 4.71. The molecule has 0 aliphatic rings. The molecule has 1 N–H and O–H groups in total. The average molecular weight is 353 g/mol. The lowest BCUT2D eigenvalue weighted by atomic mass is 9.99. The Morgan fingerprint density at radius 3 is 1.89 bits per heavy atom. The summed E-state index contributed by atoms with van der Waals surface area (Å²) in [5.74, 6) is -0.219. The molecular weight excluding hydrogens is 334 g/mol. The van der Waals surface area contributed by atoms with Crippen LogP contribution in [0, 0.1) is 6.92 Å². The molecule has 0 radical (unpaired) electrons. The van der Waals surface area contributed by atoms with Crippen molar-refractivity contribution in [3.63, 3.8) is 0 Å². The lowest BCUT2D eigenvalue weighted by Crippen LogP contribution is -2.02. The summed E-state index contributed by atoms with van der Waals surface area (Å²) < 4.78 is 1.75. The molecule has 0 fully saturated rings. The minimum Gasteiger partial charge on any atom is -0.494 e. The molecule has 0 aliphatic carbocycles. The standard InChI is InChI=1S/C24H19NO2/c1-17-21(23(26)19-13-7-3-8-14-19)24(27)25(20-15-9-4-10-16-20)22(17)18-11-5-2-6-12-18/h2-16,27H,1H3. The van der Waals surface area contributed by atoms with Gasteiger partial charge in [0.05, 0.1) is 11.3 Å². The molecule has 0 atom stereocenters. The number of hydrogen-bond acceptors (Lipinski definition) is 2. The van der Waals surface area contributed by atoms with Crippen molar-refractivity contribution < 1.29 is 9.90 Å². The zero-order valence-corrected chi connectivity index (χ0v) is 15.0. The molecule has 0 aliphatic heterocycles. The monoisotopic (exact) mass is 353 g/mol. The second-order valence-electron chi connectivity index (χ2n) is 6.40. The lowest BCUT2D eigenvalue weighted by Gasteiger charge is -2.11. The molecule has 1 aromatic heterocycles. The Labute approximate surface area is 158 Å². The predicted molar refractivity (Wildman–Crippen MR) is 107 cm³/mol. The van der Waals surface area contributed by atoms with E-state index in [1.807, 2.05) is 85.8 Å². The Morgan fingerprint density at radius 2 is 1.30 bits per heavy atom. The zero-order chi connectivity index (χ0) is 18.8. The van der Waals surface area contributed by atoms with E-state index in [2.05, 4.69) is 0 Å². The minimum absolute atomic E-state index is 0.0357. The SMILES string of the molecule is Cc1c(C(=O)c2ccccc2)c(O)n(-c2ccccc2)c1-c1ccccc1. The van der Waals surface area contributed by atoms with Crippen molar-refractivity contribution >= 4 is 5.78 Å². The highest BCUT2D eigenvalue weighted by molar-refractivity contribution is 6.12. The maximum atomic E-state index is 13.1. The fraction of sp³-hybridized carbons (Fsp3) is 0.0417. The fourth-order valence-electron chi connectivity index (χ4n) is 3.45. The van der Waals surface area contributed by atoms with Crippen LogP contribution in [0.15, 0.2) is 91.0 Å². The van der Waals surface area contributed by atoms with Gasteiger partial charge in [-0.3, -0.25) is 9.36 Å². The Morgan fingerprint density at radius 1 is 0.778 bits per heavy atom. The number of rotatable bonds is 4. The van der Waals surface area contributed by atoms with E-state index in [-0.39, 0.29) is 11.7 Å². The van der Waals surface area contributed by atoms with E-state index in [0.29, 0.717) is 11.1 Å². The van der Waals surface area contributed by atoms with Crippen LogP contribution in [0.25, 0.3) is 16.9 Å². The van der Waals surface area contributed by atoms with Gasteiger partial charge in [-0.05, 0) is 30.2 Å². The van der Waals surface area contributed by atoms with Crippen LogP contribution in [0.3, 0.4) is 0 Å². The maximum absolute atomic E-state index is 13.1.